The zero-order valence-corrected chi connectivity index (χ0v) is 7.35. The van der Waals surface area contributed by atoms with Crippen molar-refractivity contribution >= 4 is 0 Å². The first-order valence-corrected chi connectivity index (χ1v) is 3.97. The molecular formula is C8H10F3NO. The van der Waals surface area contributed by atoms with E-state index in [1.54, 1.807) is 6.92 Å². The van der Waals surface area contributed by atoms with Gasteiger partial charge < -0.3 is 0 Å². The smallest absolute Gasteiger partial charge is 0.166 e. The van der Waals surface area contributed by atoms with E-state index in [0.29, 0.717) is 0 Å². The monoisotopic (exact) mass is 193 g/mol. The molecule has 1 aliphatic rings. The van der Waals surface area contributed by atoms with E-state index < -0.39 is 17.8 Å². The molecule has 0 radical (unpaired) electrons. The summed E-state index contributed by atoms with van der Waals surface area (Å²) in [4.78, 5) is 10.2. The molecule has 0 saturated heterocycles. The standard InChI is InChI=1S/C8H10F3NO/c1-4-5(2)7(12-13)3-6(4)8(9,10)11/h5,7H,3H2,1-2H3/t5-,7-/m1/s1. The van der Waals surface area contributed by atoms with Crippen LogP contribution in [0.2, 0.25) is 0 Å². The maximum Gasteiger partial charge on any atom is 0.412 e. The zero-order chi connectivity index (χ0) is 10.2. The van der Waals surface area contributed by atoms with Gasteiger partial charge in [-0.3, -0.25) is 0 Å². The van der Waals surface area contributed by atoms with Gasteiger partial charge in [-0.15, -0.1) is 0 Å². The number of hydrogen-bond donors (Lipinski definition) is 0. The van der Waals surface area contributed by atoms with Crippen molar-refractivity contribution in [3.8, 4) is 0 Å². The molecule has 0 unspecified atom stereocenters. The lowest BCUT2D eigenvalue weighted by Crippen LogP contribution is -2.12. The number of nitroso groups, excluding NO2 is 1. The fourth-order valence-electron chi connectivity index (χ4n) is 1.58. The molecule has 0 amide bonds. The molecule has 5 heteroatoms. The van der Waals surface area contributed by atoms with Gasteiger partial charge in [-0.05, 0) is 6.92 Å². The van der Waals surface area contributed by atoms with Gasteiger partial charge in [0.05, 0.1) is 0 Å². The zero-order valence-electron chi connectivity index (χ0n) is 7.35. The van der Waals surface area contributed by atoms with Crippen LogP contribution >= 0.6 is 0 Å². The van der Waals surface area contributed by atoms with Gasteiger partial charge in [-0.1, -0.05) is 17.7 Å². The minimum Gasteiger partial charge on any atom is -0.166 e. The van der Waals surface area contributed by atoms with Crippen molar-refractivity contribution in [1.29, 1.82) is 0 Å². The maximum absolute atomic E-state index is 12.3. The maximum atomic E-state index is 12.3. The molecule has 0 aromatic rings. The number of alkyl halides is 3. The van der Waals surface area contributed by atoms with Crippen molar-refractivity contribution < 1.29 is 13.2 Å². The second-order valence-corrected chi connectivity index (χ2v) is 3.32. The van der Waals surface area contributed by atoms with Crippen LogP contribution in [0.3, 0.4) is 0 Å². The van der Waals surface area contributed by atoms with E-state index in [0.717, 1.165) is 0 Å². The second-order valence-electron chi connectivity index (χ2n) is 3.32. The molecule has 1 rings (SSSR count). The molecule has 0 spiro atoms. The third-order valence-electron chi connectivity index (χ3n) is 2.63. The number of hydrogen-bond acceptors (Lipinski definition) is 2. The predicted molar refractivity (Wildman–Crippen MR) is 42.1 cm³/mol. The summed E-state index contributed by atoms with van der Waals surface area (Å²) >= 11 is 0. The lowest BCUT2D eigenvalue weighted by atomic mass is 10.0. The van der Waals surface area contributed by atoms with E-state index in [9.17, 15) is 18.1 Å². The molecule has 0 fully saturated rings. The van der Waals surface area contributed by atoms with Gasteiger partial charge in [-0.2, -0.15) is 18.1 Å². The highest BCUT2D eigenvalue weighted by atomic mass is 19.4. The molecule has 13 heavy (non-hydrogen) atoms. The minimum absolute atomic E-state index is 0.247. The second kappa shape index (κ2) is 3.12. The summed E-state index contributed by atoms with van der Waals surface area (Å²) in [6, 6.07) is -0.739. The van der Waals surface area contributed by atoms with Gasteiger partial charge in [-0.25, -0.2) is 0 Å². The fourth-order valence-corrected chi connectivity index (χ4v) is 1.58. The van der Waals surface area contributed by atoms with Crippen molar-refractivity contribution in [1.82, 2.24) is 0 Å². The van der Waals surface area contributed by atoms with E-state index in [1.807, 2.05) is 0 Å². The Morgan fingerprint density at radius 1 is 1.46 bits per heavy atom. The Bertz CT molecular complexity index is 257. The number of halogens is 3. The van der Waals surface area contributed by atoms with Crippen molar-refractivity contribution in [2.45, 2.75) is 32.5 Å². The SMILES string of the molecule is CC1=C(C(F)(F)F)C[C@@H](N=O)[C@@H]1C. The Morgan fingerprint density at radius 3 is 2.23 bits per heavy atom. The van der Waals surface area contributed by atoms with E-state index in [1.165, 1.54) is 6.92 Å². The largest absolute Gasteiger partial charge is 0.412 e. The third kappa shape index (κ3) is 1.73. The average Bonchev–Trinajstić information content (AvgIpc) is 2.28. The van der Waals surface area contributed by atoms with Gasteiger partial charge in [0.2, 0.25) is 0 Å². The molecule has 0 heterocycles. The Labute approximate surface area is 73.8 Å². The van der Waals surface area contributed by atoms with Crippen molar-refractivity contribution in [3.05, 3.63) is 16.1 Å². The van der Waals surface area contributed by atoms with Crippen molar-refractivity contribution in [3.63, 3.8) is 0 Å². The first kappa shape index (κ1) is 10.2. The molecule has 0 saturated carbocycles. The first-order chi connectivity index (χ1) is 5.88. The van der Waals surface area contributed by atoms with Gasteiger partial charge in [0.15, 0.2) is 0 Å². The molecule has 0 aliphatic heterocycles. The highest BCUT2D eigenvalue weighted by Gasteiger charge is 2.43. The van der Waals surface area contributed by atoms with Crippen LogP contribution in [0.25, 0.3) is 0 Å². The Balaban J connectivity index is 2.95. The van der Waals surface area contributed by atoms with Crippen LogP contribution in [0, 0.1) is 10.8 Å². The van der Waals surface area contributed by atoms with Crippen molar-refractivity contribution in [2.24, 2.45) is 11.1 Å². The molecule has 2 nitrogen and oxygen atoms in total. The highest BCUT2D eigenvalue weighted by Crippen LogP contribution is 2.42. The van der Waals surface area contributed by atoms with Gasteiger partial charge >= 0.3 is 6.18 Å². The van der Waals surface area contributed by atoms with Crippen LogP contribution in [-0.4, -0.2) is 12.2 Å². The number of rotatable bonds is 1. The molecule has 1 aliphatic carbocycles. The van der Waals surface area contributed by atoms with Crippen LogP contribution in [0.5, 0.6) is 0 Å². The summed E-state index contributed by atoms with van der Waals surface area (Å²) in [7, 11) is 0. The van der Waals surface area contributed by atoms with Gasteiger partial charge in [0, 0.05) is 17.9 Å². The molecule has 2 atom stereocenters. The summed E-state index contributed by atoms with van der Waals surface area (Å²) in [6.07, 6.45) is -4.57. The van der Waals surface area contributed by atoms with Crippen LogP contribution in [0.4, 0.5) is 13.2 Å². The van der Waals surface area contributed by atoms with Crippen LogP contribution in [0.1, 0.15) is 20.3 Å². The molecule has 0 bridgehead atoms. The highest BCUT2D eigenvalue weighted by molar-refractivity contribution is 5.28. The Morgan fingerprint density at radius 2 is 2.00 bits per heavy atom. The van der Waals surface area contributed by atoms with Crippen molar-refractivity contribution in [2.75, 3.05) is 0 Å². The fraction of sp³-hybridized carbons (Fsp3) is 0.750. The normalized spacial score (nSPS) is 29.6. The summed E-state index contributed by atoms with van der Waals surface area (Å²) in [6.45, 7) is 3.01. The molecule has 0 aromatic heterocycles. The van der Waals surface area contributed by atoms with Crippen LogP contribution < -0.4 is 0 Å². The quantitative estimate of drug-likeness (QED) is 0.465. The van der Waals surface area contributed by atoms with E-state index in [4.69, 9.17) is 0 Å². The summed E-state index contributed by atoms with van der Waals surface area (Å²) in [5.41, 5.74) is -0.332. The Hall–Kier alpha value is -0.870. The topological polar surface area (TPSA) is 29.4 Å². The van der Waals surface area contributed by atoms with E-state index >= 15 is 0 Å². The molecule has 0 aromatic carbocycles. The molecule has 0 N–H and O–H groups in total. The van der Waals surface area contributed by atoms with Gasteiger partial charge in [0.25, 0.3) is 0 Å². The molecule has 74 valence electrons. The predicted octanol–water partition coefficient (Wildman–Crippen LogP) is 3.04. The molecular weight excluding hydrogens is 183 g/mol. The van der Waals surface area contributed by atoms with Crippen LogP contribution in [0.15, 0.2) is 16.3 Å². The van der Waals surface area contributed by atoms with E-state index in [2.05, 4.69) is 5.18 Å². The average molecular weight is 193 g/mol. The summed E-state index contributed by atoms with van der Waals surface area (Å²) in [5, 5.41) is 2.69. The Kier molecular flexibility index (Phi) is 2.45. The van der Waals surface area contributed by atoms with Gasteiger partial charge in [0.1, 0.15) is 6.04 Å². The minimum atomic E-state index is -4.31. The van der Waals surface area contributed by atoms with Crippen LogP contribution in [-0.2, 0) is 0 Å². The number of nitrogens with zero attached hydrogens (tertiary/aromatic N) is 1. The third-order valence-corrected chi connectivity index (χ3v) is 2.63. The lowest BCUT2D eigenvalue weighted by Gasteiger charge is -2.08. The summed E-state index contributed by atoms with van der Waals surface area (Å²) < 4.78 is 36.9. The first-order valence-electron chi connectivity index (χ1n) is 3.97. The summed E-state index contributed by atoms with van der Waals surface area (Å²) in [5.74, 6) is -0.380. The lowest BCUT2D eigenvalue weighted by molar-refractivity contribution is -0.0939. The van der Waals surface area contributed by atoms with E-state index in [-0.39, 0.29) is 17.9 Å².